The van der Waals surface area contributed by atoms with E-state index < -0.39 is 41.0 Å². The van der Waals surface area contributed by atoms with E-state index in [-0.39, 0.29) is 29.7 Å². The first-order valence-electron chi connectivity index (χ1n) is 9.50. The number of carbonyl (C=O) groups excluding carboxylic acids is 1. The van der Waals surface area contributed by atoms with Gasteiger partial charge in [-0.15, -0.1) is 0 Å². The van der Waals surface area contributed by atoms with Crippen LogP contribution in [0.15, 0.2) is 42.1 Å². The monoisotopic (exact) mass is 469 g/mol. The van der Waals surface area contributed by atoms with Crippen molar-refractivity contribution in [1.82, 2.24) is 4.90 Å². The normalized spacial score (nSPS) is 22.9. The van der Waals surface area contributed by atoms with Crippen molar-refractivity contribution in [2.24, 2.45) is 0 Å². The minimum absolute atomic E-state index is 0.0568. The van der Waals surface area contributed by atoms with Crippen LogP contribution < -0.4 is 4.90 Å². The Bertz CT molecular complexity index is 1050. The van der Waals surface area contributed by atoms with E-state index in [1.54, 1.807) is 0 Å². The lowest BCUT2D eigenvalue weighted by atomic mass is 10.00. The van der Waals surface area contributed by atoms with E-state index >= 15 is 0 Å². The van der Waals surface area contributed by atoms with Gasteiger partial charge in [0.05, 0.1) is 36.1 Å². The maximum Gasteiger partial charge on any atom is 0.417 e. The van der Waals surface area contributed by atoms with Gasteiger partial charge < -0.3 is 14.7 Å². The van der Waals surface area contributed by atoms with Crippen LogP contribution in [0.4, 0.5) is 23.2 Å². The molecule has 1 aliphatic heterocycles. The van der Waals surface area contributed by atoms with Crippen LogP contribution in [0, 0.1) is 11.3 Å². The van der Waals surface area contributed by atoms with E-state index in [4.69, 9.17) is 27.3 Å². The summed E-state index contributed by atoms with van der Waals surface area (Å²) in [7, 11) is 0. The summed E-state index contributed by atoms with van der Waals surface area (Å²) in [4.78, 5) is 15.5. The number of aliphatic hydroxyl groups excluding tert-OH is 1. The number of rotatable bonds is 5. The summed E-state index contributed by atoms with van der Waals surface area (Å²) >= 11 is 5.41. The Morgan fingerprint density at radius 3 is 2.59 bits per heavy atom. The molecule has 1 amide bonds. The van der Waals surface area contributed by atoms with Crippen LogP contribution in [0.5, 0.6) is 0 Å². The van der Waals surface area contributed by atoms with Crippen molar-refractivity contribution in [3.05, 3.63) is 53.3 Å². The molecular formula is C21H19F4N3O3S. The molecule has 170 valence electrons. The summed E-state index contributed by atoms with van der Waals surface area (Å²) in [5.41, 5.74) is -2.99. The molecule has 1 aromatic carbocycles. The van der Waals surface area contributed by atoms with Crippen LogP contribution in [0.3, 0.4) is 0 Å². The maximum atomic E-state index is 14.6. The Morgan fingerprint density at radius 2 is 2.03 bits per heavy atom. The summed E-state index contributed by atoms with van der Waals surface area (Å²) in [6.07, 6.45) is -3.19. The van der Waals surface area contributed by atoms with E-state index in [1.807, 2.05) is 0 Å². The van der Waals surface area contributed by atoms with Crippen molar-refractivity contribution < 1.29 is 32.2 Å². The molecule has 2 unspecified atom stereocenters. The van der Waals surface area contributed by atoms with Crippen molar-refractivity contribution in [3.8, 4) is 6.07 Å². The molecule has 1 aliphatic carbocycles. The van der Waals surface area contributed by atoms with E-state index in [0.29, 0.717) is 6.07 Å². The molecule has 1 saturated heterocycles. The lowest BCUT2D eigenvalue weighted by Crippen LogP contribution is -2.44. The van der Waals surface area contributed by atoms with Crippen molar-refractivity contribution in [3.63, 3.8) is 0 Å². The second-order valence-electron chi connectivity index (χ2n) is 7.61. The Hall–Kier alpha value is -2.81. The van der Waals surface area contributed by atoms with Crippen LogP contribution in [0.1, 0.15) is 25.0 Å². The number of nitrogens with zero attached hydrogens (tertiary/aromatic N) is 3. The van der Waals surface area contributed by atoms with Gasteiger partial charge in [0, 0.05) is 5.70 Å². The standard InChI is InChI=1S/C21H19F4N3O3S/c1-20(2)18(30)27(13-4-3-12(11-26)15(9-13)21(23,24)25)19(32)28(20)14-5-6-17(16(22)10-14)31-8-7-29/h3-6,9-10,16-17,29H,7-8H2,1-2H3. The first-order valence-corrected chi connectivity index (χ1v) is 9.91. The molecule has 0 aromatic heterocycles. The van der Waals surface area contributed by atoms with Gasteiger partial charge in [-0.2, -0.15) is 18.4 Å². The van der Waals surface area contributed by atoms with Gasteiger partial charge in [-0.1, -0.05) is 6.08 Å². The van der Waals surface area contributed by atoms with Crippen LogP contribution in [0.2, 0.25) is 0 Å². The molecule has 1 fully saturated rings. The molecule has 0 spiro atoms. The molecule has 32 heavy (non-hydrogen) atoms. The number of carbonyl (C=O) groups is 1. The molecular weight excluding hydrogens is 450 g/mol. The molecule has 1 N–H and O–H groups in total. The zero-order valence-corrected chi connectivity index (χ0v) is 17.9. The summed E-state index contributed by atoms with van der Waals surface area (Å²) in [6, 6.07) is 4.37. The number of alkyl halides is 4. The molecule has 2 aliphatic rings. The van der Waals surface area contributed by atoms with Gasteiger partial charge in [0.15, 0.2) is 11.3 Å². The highest BCUT2D eigenvalue weighted by molar-refractivity contribution is 7.80. The Labute approximate surface area is 187 Å². The third-order valence-corrected chi connectivity index (χ3v) is 5.48. The summed E-state index contributed by atoms with van der Waals surface area (Å²) in [5.74, 6) is -0.608. The second-order valence-corrected chi connectivity index (χ2v) is 7.98. The molecule has 0 saturated carbocycles. The SMILES string of the molecule is CC1(C)C(=O)N(c2ccc(C#N)c(C(F)(F)F)c2)C(=S)N1C1=CC(F)C(OCCO)C=C1. The van der Waals surface area contributed by atoms with Crippen LogP contribution in [0.25, 0.3) is 0 Å². The molecule has 3 rings (SSSR count). The van der Waals surface area contributed by atoms with Gasteiger partial charge in [-0.3, -0.25) is 9.69 Å². The predicted molar refractivity (Wildman–Crippen MR) is 111 cm³/mol. The average molecular weight is 469 g/mol. The topological polar surface area (TPSA) is 76.8 Å². The fourth-order valence-electron chi connectivity index (χ4n) is 3.56. The number of hydrogen-bond donors (Lipinski definition) is 1. The Morgan fingerprint density at radius 1 is 1.34 bits per heavy atom. The van der Waals surface area contributed by atoms with Gasteiger partial charge in [0.2, 0.25) is 0 Å². The van der Waals surface area contributed by atoms with E-state index in [0.717, 1.165) is 11.0 Å². The molecule has 6 nitrogen and oxygen atoms in total. The van der Waals surface area contributed by atoms with E-state index in [9.17, 15) is 22.4 Å². The number of hydrogen-bond acceptors (Lipinski definition) is 5. The zero-order valence-electron chi connectivity index (χ0n) is 17.1. The highest BCUT2D eigenvalue weighted by Gasteiger charge is 2.51. The number of amides is 1. The van der Waals surface area contributed by atoms with Gasteiger partial charge in [-0.25, -0.2) is 4.39 Å². The molecule has 1 heterocycles. The summed E-state index contributed by atoms with van der Waals surface area (Å²) in [6.45, 7) is 2.71. The van der Waals surface area contributed by atoms with Crippen molar-refractivity contribution in [2.45, 2.75) is 37.8 Å². The first-order chi connectivity index (χ1) is 14.9. The number of nitriles is 1. The van der Waals surface area contributed by atoms with Gasteiger partial charge >= 0.3 is 6.18 Å². The fourth-order valence-corrected chi connectivity index (χ4v) is 4.08. The number of aliphatic hydroxyl groups is 1. The molecule has 11 heteroatoms. The lowest BCUT2D eigenvalue weighted by molar-refractivity contribution is -0.137. The Kier molecular flexibility index (Phi) is 6.42. The number of thiocarbonyl (C=S) groups is 1. The number of anilines is 1. The number of allylic oxidation sites excluding steroid dienone is 1. The van der Waals surface area contributed by atoms with E-state index in [1.165, 1.54) is 49.1 Å². The van der Waals surface area contributed by atoms with Gasteiger partial charge in [-0.05, 0) is 56.4 Å². The highest BCUT2D eigenvalue weighted by atomic mass is 32.1. The minimum atomic E-state index is -4.81. The maximum absolute atomic E-state index is 14.6. The van der Waals surface area contributed by atoms with Crippen molar-refractivity contribution >= 4 is 28.9 Å². The number of ether oxygens (including phenoxy) is 1. The van der Waals surface area contributed by atoms with Crippen LogP contribution in [-0.4, -0.2) is 52.1 Å². The minimum Gasteiger partial charge on any atom is -0.394 e. The summed E-state index contributed by atoms with van der Waals surface area (Å²) < 4.78 is 60.0. The van der Waals surface area contributed by atoms with Crippen molar-refractivity contribution in [2.75, 3.05) is 18.1 Å². The second kappa shape index (κ2) is 8.61. The van der Waals surface area contributed by atoms with Gasteiger partial charge in [0.25, 0.3) is 5.91 Å². The smallest absolute Gasteiger partial charge is 0.394 e. The average Bonchev–Trinajstić information content (AvgIpc) is 2.90. The fraction of sp³-hybridized carbons (Fsp3) is 0.381. The van der Waals surface area contributed by atoms with Gasteiger partial charge in [0.1, 0.15) is 11.6 Å². The largest absolute Gasteiger partial charge is 0.417 e. The quantitative estimate of drug-likeness (QED) is 0.526. The molecule has 1 aromatic rings. The Balaban J connectivity index is 1.99. The lowest BCUT2D eigenvalue weighted by Gasteiger charge is -2.33. The highest BCUT2D eigenvalue weighted by Crippen LogP contribution is 2.40. The summed E-state index contributed by atoms with van der Waals surface area (Å²) in [5, 5.41) is 17.7. The van der Waals surface area contributed by atoms with E-state index in [2.05, 4.69) is 0 Å². The third-order valence-electron chi connectivity index (χ3n) is 5.12. The van der Waals surface area contributed by atoms with Crippen LogP contribution >= 0.6 is 12.2 Å². The molecule has 2 atom stereocenters. The third kappa shape index (κ3) is 4.13. The predicted octanol–water partition coefficient (Wildman–Crippen LogP) is 3.46. The van der Waals surface area contributed by atoms with Crippen molar-refractivity contribution in [1.29, 1.82) is 5.26 Å². The molecule has 0 radical (unpaired) electrons. The molecule has 0 bridgehead atoms. The first kappa shape index (κ1) is 23.8. The zero-order chi connectivity index (χ0) is 23.8. The number of benzene rings is 1. The van der Waals surface area contributed by atoms with Crippen LogP contribution in [-0.2, 0) is 15.7 Å². The number of halogens is 4.